The summed E-state index contributed by atoms with van der Waals surface area (Å²) in [6, 6.07) is 13.3. The molecule has 178 valence electrons. The van der Waals surface area contributed by atoms with Gasteiger partial charge in [0.05, 0.1) is 4.90 Å². The minimum absolute atomic E-state index is 0.0303. The van der Waals surface area contributed by atoms with Crippen molar-refractivity contribution in [3.8, 4) is 11.6 Å². The Morgan fingerprint density at radius 2 is 1.91 bits per heavy atom. The maximum absolute atomic E-state index is 13.2. The fraction of sp³-hybridized carbons (Fsp3) is 0.280. The molecule has 1 fully saturated rings. The number of benzene rings is 2. The molecule has 4 rings (SSSR count). The van der Waals surface area contributed by atoms with Crippen LogP contribution >= 0.6 is 0 Å². The van der Waals surface area contributed by atoms with Gasteiger partial charge in [0.2, 0.25) is 21.8 Å². The maximum Gasteiger partial charge on any atom is 0.243 e. The number of aromatic nitrogens is 1. The van der Waals surface area contributed by atoms with Crippen LogP contribution < -0.4 is 10.1 Å². The molecule has 1 atom stereocenters. The fourth-order valence-electron chi connectivity index (χ4n) is 3.84. The number of pyridine rings is 1. The van der Waals surface area contributed by atoms with Crippen molar-refractivity contribution in [2.45, 2.75) is 44.2 Å². The van der Waals surface area contributed by atoms with Crippen molar-refractivity contribution >= 4 is 15.9 Å². The Morgan fingerprint density at radius 1 is 1.15 bits per heavy atom. The van der Waals surface area contributed by atoms with E-state index >= 15 is 0 Å². The zero-order chi connectivity index (χ0) is 24.3. The Morgan fingerprint density at radius 3 is 2.62 bits per heavy atom. The van der Waals surface area contributed by atoms with Crippen molar-refractivity contribution < 1.29 is 22.3 Å². The first-order chi connectivity index (χ1) is 16.2. The molecular formula is C25H26FN3O4S. The van der Waals surface area contributed by atoms with Crippen LogP contribution in [0, 0.1) is 19.7 Å². The van der Waals surface area contributed by atoms with Gasteiger partial charge in [-0.3, -0.25) is 4.79 Å². The van der Waals surface area contributed by atoms with E-state index in [2.05, 4.69) is 10.3 Å². The lowest BCUT2D eigenvalue weighted by molar-refractivity contribution is -0.124. The summed E-state index contributed by atoms with van der Waals surface area (Å²) in [6.07, 6.45) is 2.61. The van der Waals surface area contributed by atoms with Crippen LogP contribution in [-0.2, 0) is 21.4 Å². The molecule has 0 bridgehead atoms. The highest BCUT2D eigenvalue weighted by Gasteiger charge is 2.39. The van der Waals surface area contributed by atoms with Gasteiger partial charge >= 0.3 is 0 Å². The van der Waals surface area contributed by atoms with Gasteiger partial charge in [-0.25, -0.2) is 17.8 Å². The maximum atomic E-state index is 13.2. The molecule has 0 spiro atoms. The van der Waals surface area contributed by atoms with Crippen LogP contribution in [0.4, 0.5) is 4.39 Å². The van der Waals surface area contributed by atoms with Crippen LogP contribution in [0.1, 0.15) is 29.5 Å². The topological polar surface area (TPSA) is 88.6 Å². The largest absolute Gasteiger partial charge is 0.439 e. The molecule has 1 amide bonds. The molecule has 7 nitrogen and oxygen atoms in total. The zero-order valence-electron chi connectivity index (χ0n) is 19.0. The van der Waals surface area contributed by atoms with Gasteiger partial charge in [0.15, 0.2) is 0 Å². The molecule has 34 heavy (non-hydrogen) atoms. The molecule has 2 aromatic carbocycles. The number of sulfonamides is 1. The van der Waals surface area contributed by atoms with Gasteiger partial charge in [-0.2, -0.15) is 4.31 Å². The highest BCUT2D eigenvalue weighted by Crippen LogP contribution is 2.27. The first-order valence-electron chi connectivity index (χ1n) is 11.0. The van der Waals surface area contributed by atoms with Crippen molar-refractivity contribution in [2.24, 2.45) is 0 Å². The summed E-state index contributed by atoms with van der Waals surface area (Å²) in [4.78, 5) is 17.1. The highest BCUT2D eigenvalue weighted by molar-refractivity contribution is 7.89. The molecular weight excluding hydrogens is 457 g/mol. The second-order valence-corrected chi connectivity index (χ2v) is 10.2. The Balaban J connectivity index is 1.38. The number of nitrogens with one attached hydrogen (secondary N) is 1. The van der Waals surface area contributed by atoms with E-state index in [1.807, 2.05) is 32.0 Å². The molecule has 1 unspecified atom stereocenters. The molecule has 1 saturated heterocycles. The van der Waals surface area contributed by atoms with Crippen LogP contribution in [0.25, 0.3) is 0 Å². The number of amides is 1. The summed E-state index contributed by atoms with van der Waals surface area (Å²) in [5, 5.41) is 2.80. The third-order valence-corrected chi connectivity index (χ3v) is 7.67. The summed E-state index contributed by atoms with van der Waals surface area (Å²) >= 11 is 0. The molecule has 1 aromatic heterocycles. The SMILES string of the molecule is Cc1ccc(C)c(Oc2ccc(CNC(=O)C3CCCN3S(=O)(=O)c3ccc(F)cc3)cn2)c1. The Labute approximate surface area is 198 Å². The summed E-state index contributed by atoms with van der Waals surface area (Å²) in [5.41, 5.74) is 2.84. The molecule has 0 aliphatic carbocycles. The predicted molar refractivity (Wildman–Crippen MR) is 125 cm³/mol. The monoisotopic (exact) mass is 483 g/mol. The standard InChI is InChI=1S/C25H26FN3O4S/c1-17-5-6-18(2)23(14-17)33-24-12-7-19(15-27-24)16-28-25(30)22-4-3-13-29(22)34(31,32)21-10-8-20(26)9-11-21/h5-12,14-15,22H,3-4,13,16H2,1-2H3,(H,28,30). The van der Waals surface area contributed by atoms with Gasteiger partial charge in [-0.05, 0) is 73.7 Å². The number of halogens is 1. The van der Waals surface area contributed by atoms with Crippen LogP contribution in [0.3, 0.4) is 0 Å². The lowest BCUT2D eigenvalue weighted by Gasteiger charge is -2.23. The number of rotatable bonds is 7. The van der Waals surface area contributed by atoms with E-state index in [1.165, 1.54) is 16.4 Å². The lowest BCUT2D eigenvalue weighted by Crippen LogP contribution is -2.45. The van der Waals surface area contributed by atoms with E-state index in [1.54, 1.807) is 18.3 Å². The molecule has 1 N–H and O–H groups in total. The van der Waals surface area contributed by atoms with Crippen LogP contribution in [-0.4, -0.2) is 36.2 Å². The highest BCUT2D eigenvalue weighted by atomic mass is 32.2. The Hall–Kier alpha value is -3.30. The number of nitrogens with zero attached hydrogens (tertiary/aromatic N) is 2. The summed E-state index contributed by atoms with van der Waals surface area (Å²) in [5.74, 6) is 0.279. The number of hydrogen-bond acceptors (Lipinski definition) is 5. The van der Waals surface area contributed by atoms with Gasteiger partial charge in [0.1, 0.15) is 17.6 Å². The number of ether oxygens (including phenoxy) is 1. The van der Waals surface area contributed by atoms with E-state index < -0.39 is 21.9 Å². The third-order valence-electron chi connectivity index (χ3n) is 5.75. The minimum Gasteiger partial charge on any atom is -0.439 e. The summed E-state index contributed by atoms with van der Waals surface area (Å²) < 4.78 is 46.2. The Bertz CT molecular complexity index is 1280. The molecule has 0 radical (unpaired) electrons. The van der Waals surface area contributed by atoms with E-state index in [0.29, 0.717) is 18.7 Å². The van der Waals surface area contributed by atoms with Crippen molar-refractivity contribution in [1.82, 2.24) is 14.6 Å². The van der Waals surface area contributed by atoms with Crippen LogP contribution in [0.15, 0.2) is 65.7 Å². The smallest absolute Gasteiger partial charge is 0.243 e. The fourth-order valence-corrected chi connectivity index (χ4v) is 5.50. The van der Waals surface area contributed by atoms with Crippen molar-refractivity contribution in [3.05, 3.63) is 83.3 Å². The van der Waals surface area contributed by atoms with E-state index in [-0.39, 0.29) is 23.9 Å². The second-order valence-electron chi connectivity index (χ2n) is 8.32. The third kappa shape index (κ3) is 5.26. The molecule has 9 heteroatoms. The normalized spacial score (nSPS) is 16.4. The number of aryl methyl sites for hydroxylation is 2. The van der Waals surface area contributed by atoms with Crippen molar-refractivity contribution in [2.75, 3.05) is 6.54 Å². The Kier molecular flexibility index (Phi) is 6.95. The molecule has 0 saturated carbocycles. The minimum atomic E-state index is -3.90. The molecule has 1 aliphatic heterocycles. The molecule has 2 heterocycles. The van der Waals surface area contributed by atoms with Gasteiger partial charge in [-0.1, -0.05) is 18.2 Å². The molecule has 3 aromatic rings. The summed E-state index contributed by atoms with van der Waals surface area (Å²) in [6.45, 7) is 4.39. The molecule has 1 aliphatic rings. The quantitative estimate of drug-likeness (QED) is 0.547. The van der Waals surface area contributed by atoms with Crippen LogP contribution in [0.2, 0.25) is 0 Å². The number of carbonyl (C=O) groups excluding carboxylic acids is 1. The van der Waals surface area contributed by atoms with Crippen molar-refractivity contribution in [3.63, 3.8) is 0 Å². The van der Waals surface area contributed by atoms with Gasteiger partial charge in [0.25, 0.3) is 0 Å². The van der Waals surface area contributed by atoms with Crippen molar-refractivity contribution in [1.29, 1.82) is 0 Å². The average molecular weight is 484 g/mol. The second kappa shape index (κ2) is 9.90. The van der Waals surface area contributed by atoms with E-state index in [4.69, 9.17) is 4.74 Å². The van der Waals surface area contributed by atoms with Gasteiger partial charge in [-0.15, -0.1) is 0 Å². The van der Waals surface area contributed by atoms with Gasteiger partial charge in [0, 0.05) is 25.4 Å². The number of carbonyl (C=O) groups is 1. The van der Waals surface area contributed by atoms with E-state index in [9.17, 15) is 17.6 Å². The lowest BCUT2D eigenvalue weighted by atomic mass is 10.1. The zero-order valence-corrected chi connectivity index (χ0v) is 19.8. The number of hydrogen-bond donors (Lipinski definition) is 1. The van der Waals surface area contributed by atoms with Gasteiger partial charge < -0.3 is 10.1 Å². The average Bonchev–Trinajstić information content (AvgIpc) is 3.32. The predicted octanol–water partition coefficient (Wildman–Crippen LogP) is 4.10. The van der Waals surface area contributed by atoms with Crippen LogP contribution in [0.5, 0.6) is 11.6 Å². The first kappa shape index (κ1) is 23.8. The summed E-state index contributed by atoms with van der Waals surface area (Å²) in [7, 11) is -3.90. The first-order valence-corrected chi connectivity index (χ1v) is 12.4. The van der Waals surface area contributed by atoms with E-state index in [0.717, 1.165) is 34.6 Å².